The maximum absolute atomic E-state index is 4.01. The van der Waals surface area contributed by atoms with Crippen LogP contribution in [-0.4, -0.2) is 12.1 Å². The number of nitrogens with one attached hydrogen (secondary N) is 1. The highest BCUT2D eigenvalue weighted by atomic mass is 15.0. The molecular formula is C16H29N. The van der Waals surface area contributed by atoms with Crippen LogP contribution in [0, 0.1) is 23.7 Å². The Morgan fingerprint density at radius 3 is 2.29 bits per heavy atom. The second-order valence-electron chi connectivity index (χ2n) is 7.15. The largest absolute Gasteiger partial charge is 0.311 e. The Morgan fingerprint density at radius 1 is 0.824 bits per heavy atom. The van der Waals surface area contributed by atoms with Crippen LogP contribution in [0.1, 0.15) is 65.2 Å². The minimum atomic E-state index is 0.827. The van der Waals surface area contributed by atoms with Crippen LogP contribution in [0.3, 0.4) is 0 Å². The van der Waals surface area contributed by atoms with Crippen molar-refractivity contribution in [1.82, 2.24) is 5.32 Å². The minimum absolute atomic E-state index is 0.827. The standard InChI is InChI=1S/C16H29N/c1-11-6-9-16(12(11)2)17-15-5-3-4-14(10-15)13-7-8-13/h11-17H,3-10H2,1-2H3. The normalized spacial score (nSPS) is 47.3. The van der Waals surface area contributed by atoms with E-state index in [1.165, 1.54) is 51.4 Å². The van der Waals surface area contributed by atoms with Gasteiger partial charge in [-0.1, -0.05) is 26.7 Å². The fourth-order valence-corrected chi connectivity index (χ4v) is 4.28. The fraction of sp³-hybridized carbons (Fsp3) is 1.00. The van der Waals surface area contributed by atoms with Crippen LogP contribution in [0.15, 0.2) is 0 Å². The molecule has 17 heavy (non-hydrogen) atoms. The summed E-state index contributed by atoms with van der Waals surface area (Å²) >= 11 is 0. The summed E-state index contributed by atoms with van der Waals surface area (Å²) < 4.78 is 0. The zero-order chi connectivity index (χ0) is 11.8. The highest BCUT2D eigenvalue weighted by Crippen LogP contribution is 2.44. The second-order valence-corrected chi connectivity index (χ2v) is 7.15. The first-order valence-electron chi connectivity index (χ1n) is 8.00. The maximum Gasteiger partial charge on any atom is 0.00979 e. The Bertz CT molecular complexity index is 258. The van der Waals surface area contributed by atoms with Gasteiger partial charge in [0.1, 0.15) is 0 Å². The molecule has 1 heteroatoms. The number of hydrogen-bond donors (Lipinski definition) is 1. The first-order chi connectivity index (χ1) is 8.24. The lowest BCUT2D eigenvalue weighted by molar-refractivity contribution is 0.230. The second kappa shape index (κ2) is 4.91. The molecule has 0 radical (unpaired) electrons. The third kappa shape index (κ3) is 2.70. The molecule has 0 spiro atoms. The van der Waals surface area contributed by atoms with Gasteiger partial charge in [0.2, 0.25) is 0 Å². The van der Waals surface area contributed by atoms with Gasteiger partial charge in [0.25, 0.3) is 0 Å². The first-order valence-corrected chi connectivity index (χ1v) is 8.00. The summed E-state index contributed by atoms with van der Waals surface area (Å²) in [6.07, 6.45) is 11.9. The van der Waals surface area contributed by atoms with Crippen molar-refractivity contribution >= 4 is 0 Å². The maximum atomic E-state index is 4.01. The van der Waals surface area contributed by atoms with Gasteiger partial charge in [-0.15, -0.1) is 0 Å². The quantitative estimate of drug-likeness (QED) is 0.780. The van der Waals surface area contributed by atoms with Crippen molar-refractivity contribution in [2.24, 2.45) is 23.7 Å². The molecule has 98 valence electrons. The lowest BCUT2D eigenvalue weighted by Gasteiger charge is -2.33. The van der Waals surface area contributed by atoms with Crippen LogP contribution in [0.2, 0.25) is 0 Å². The van der Waals surface area contributed by atoms with Gasteiger partial charge in [-0.2, -0.15) is 0 Å². The summed E-state index contributed by atoms with van der Waals surface area (Å²) in [4.78, 5) is 0. The third-order valence-electron chi connectivity index (χ3n) is 5.92. The van der Waals surface area contributed by atoms with Crippen molar-refractivity contribution < 1.29 is 0 Å². The van der Waals surface area contributed by atoms with Crippen molar-refractivity contribution in [3.05, 3.63) is 0 Å². The van der Waals surface area contributed by atoms with E-state index in [1.807, 2.05) is 0 Å². The molecule has 1 N–H and O–H groups in total. The van der Waals surface area contributed by atoms with Gasteiger partial charge in [-0.05, 0) is 62.2 Å². The van der Waals surface area contributed by atoms with E-state index in [0.717, 1.165) is 35.8 Å². The van der Waals surface area contributed by atoms with Crippen molar-refractivity contribution in [1.29, 1.82) is 0 Å². The molecular weight excluding hydrogens is 206 g/mol. The van der Waals surface area contributed by atoms with Gasteiger partial charge in [-0.3, -0.25) is 0 Å². The topological polar surface area (TPSA) is 12.0 Å². The zero-order valence-electron chi connectivity index (χ0n) is 11.6. The Hall–Kier alpha value is -0.0400. The van der Waals surface area contributed by atoms with Gasteiger partial charge < -0.3 is 5.32 Å². The van der Waals surface area contributed by atoms with E-state index in [9.17, 15) is 0 Å². The number of hydrogen-bond acceptors (Lipinski definition) is 1. The van der Waals surface area contributed by atoms with E-state index in [2.05, 4.69) is 19.2 Å². The van der Waals surface area contributed by atoms with Gasteiger partial charge in [-0.25, -0.2) is 0 Å². The summed E-state index contributed by atoms with van der Waals surface area (Å²) in [6, 6.07) is 1.68. The van der Waals surface area contributed by atoms with Crippen LogP contribution in [0.4, 0.5) is 0 Å². The van der Waals surface area contributed by atoms with Crippen LogP contribution in [0.5, 0.6) is 0 Å². The molecule has 5 atom stereocenters. The summed E-state index contributed by atoms with van der Waals surface area (Å²) in [5.41, 5.74) is 0. The molecule has 0 aromatic heterocycles. The molecule has 0 aliphatic heterocycles. The molecule has 3 fully saturated rings. The van der Waals surface area contributed by atoms with E-state index in [-0.39, 0.29) is 0 Å². The highest BCUT2D eigenvalue weighted by Gasteiger charge is 2.36. The summed E-state index contributed by atoms with van der Waals surface area (Å²) in [6.45, 7) is 4.89. The van der Waals surface area contributed by atoms with Crippen molar-refractivity contribution in [2.75, 3.05) is 0 Å². The molecule has 1 nitrogen and oxygen atoms in total. The van der Waals surface area contributed by atoms with Gasteiger partial charge in [0, 0.05) is 12.1 Å². The smallest absolute Gasteiger partial charge is 0.00979 e. The molecule has 0 saturated heterocycles. The van der Waals surface area contributed by atoms with Crippen molar-refractivity contribution in [3.63, 3.8) is 0 Å². The van der Waals surface area contributed by atoms with E-state index in [0.29, 0.717) is 0 Å². The third-order valence-corrected chi connectivity index (χ3v) is 5.92. The summed E-state index contributed by atoms with van der Waals surface area (Å²) in [5.74, 6) is 4.04. The molecule has 0 bridgehead atoms. The molecule has 3 rings (SSSR count). The Kier molecular flexibility index (Phi) is 3.47. The monoisotopic (exact) mass is 235 g/mol. The summed E-state index contributed by atoms with van der Waals surface area (Å²) in [5, 5.41) is 4.01. The van der Waals surface area contributed by atoms with E-state index < -0.39 is 0 Å². The SMILES string of the molecule is CC1CCC(NC2CCCC(C3CC3)C2)C1C. The average molecular weight is 235 g/mol. The molecule has 0 aromatic carbocycles. The predicted molar refractivity (Wildman–Crippen MR) is 73.0 cm³/mol. The van der Waals surface area contributed by atoms with Crippen LogP contribution in [-0.2, 0) is 0 Å². The molecule has 3 aliphatic carbocycles. The van der Waals surface area contributed by atoms with Crippen LogP contribution < -0.4 is 5.32 Å². The molecule has 0 aromatic rings. The highest BCUT2D eigenvalue weighted by molar-refractivity contribution is 4.92. The van der Waals surface area contributed by atoms with Crippen molar-refractivity contribution in [3.8, 4) is 0 Å². The molecule has 5 unspecified atom stereocenters. The fourth-order valence-electron chi connectivity index (χ4n) is 4.28. The average Bonchev–Trinajstić information content (AvgIpc) is 3.13. The molecule has 3 saturated carbocycles. The molecule has 3 aliphatic rings. The molecule has 0 amide bonds. The zero-order valence-corrected chi connectivity index (χ0v) is 11.6. The molecule has 0 heterocycles. The van der Waals surface area contributed by atoms with Gasteiger partial charge >= 0.3 is 0 Å². The Labute approximate surface area is 107 Å². The lowest BCUT2D eigenvalue weighted by atomic mass is 9.82. The Morgan fingerprint density at radius 2 is 1.65 bits per heavy atom. The van der Waals surface area contributed by atoms with Gasteiger partial charge in [0.05, 0.1) is 0 Å². The van der Waals surface area contributed by atoms with E-state index in [1.54, 1.807) is 0 Å². The minimum Gasteiger partial charge on any atom is -0.311 e. The Balaban J connectivity index is 1.50. The van der Waals surface area contributed by atoms with Crippen LogP contribution >= 0.6 is 0 Å². The first kappa shape index (κ1) is 12.0. The lowest BCUT2D eigenvalue weighted by Crippen LogP contribution is -2.43. The predicted octanol–water partition coefficient (Wildman–Crippen LogP) is 3.98. The van der Waals surface area contributed by atoms with Crippen LogP contribution in [0.25, 0.3) is 0 Å². The van der Waals surface area contributed by atoms with E-state index >= 15 is 0 Å². The number of rotatable bonds is 3. The van der Waals surface area contributed by atoms with Gasteiger partial charge in [0.15, 0.2) is 0 Å². The van der Waals surface area contributed by atoms with E-state index in [4.69, 9.17) is 0 Å². The summed E-state index contributed by atoms with van der Waals surface area (Å²) in [7, 11) is 0. The van der Waals surface area contributed by atoms with Crippen molar-refractivity contribution in [2.45, 2.75) is 77.3 Å².